The maximum atomic E-state index is 9.82. The van der Waals surface area contributed by atoms with Gasteiger partial charge in [-0.15, -0.1) is 0 Å². The van der Waals surface area contributed by atoms with E-state index < -0.39 is 5.60 Å². The number of ether oxygens (including phenoxy) is 1. The molecule has 2 atom stereocenters. The van der Waals surface area contributed by atoms with Crippen LogP contribution in [0.3, 0.4) is 0 Å². The highest BCUT2D eigenvalue weighted by Crippen LogP contribution is 2.25. The Morgan fingerprint density at radius 2 is 1.64 bits per heavy atom. The molecule has 0 saturated carbocycles. The van der Waals surface area contributed by atoms with Crippen LogP contribution in [0.5, 0.6) is 0 Å². The fraction of sp³-hybridized carbons (Fsp3) is 1.00. The van der Waals surface area contributed by atoms with Crippen molar-refractivity contribution in [2.75, 3.05) is 7.11 Å². The molecule has 0 saturated heterocycles. The summed E-state index contributed by atoms with van der Waals surface area (Å²) in [5.41, 5.74) is -0.508. The molecule has 0 aliphatic rings. The van der Waals surface area contributed by atoms with Crippen molar-refractivity contribution in [3.63, 3.8) is 0 Å². The van der Waals surface area contributed by atoms with Gasteiger partial charge in [0.2, 0.25) is 0 Å². The molecule has 1 N–H and O–H groups in total. The third-order valence-corrected chi connectivity index (χ3v) is 3.42. The first-order chi connectivity index (χ1) is 6.39. The molecule has 0 rings (SSSR count). The van der Waals surface area contributed by atoms with Crippen molar-refractivity contribution in [3.05, 3.63) is 0 Å². The summed E-state index contributed by atoms with van der Waals surface area (Å²) in [5, 5.41) is 9.82. The van der Waals surface area contributed by atoms with Crippen LogP contribution in [0.4, 0.5) is 0 Å². The highest BCUT2D eigenvalue weighted by atomic mass is 16.5. The number of rotatable bonds is 7. The molecule has 2 heteroatoms. The molecule has 0 spiro atoms. The molecule has 0 heterocycles. The van der Waals surface area contributed by atoms with E-state index in [1.807, 2.05) is 13.8 Å². The Balaban J connectivity index is 3.83. The summed E-state index contributed by atoms with van der Waals surface area (Å²) in [6.45, 7) is 8.20. The largest absolute Gasteiger partial charge is 0.390 e. The topological polar surface area (TPSA) is 29.5 Å². The van der Waals surface area contributed by atoms with Gasteiger partial charge < -0.3 is 9.84 Å². The van der Waals surface area contributed by atoms with Crippen molar-refractivity contribution >= 4 is 0 Å². The minimum atomic E-state index is -0.498. The second-order valence-electron chi connectivity index (χ2n) is 4.71. The van der Waals surface area contributed by atoms with Gasteiger partial charge >= 0.3 is 0 Å². The highest BCUT2D eigenvalue weighted by molar-refractivity contribution is 4.76. The number of methoxy groups -OCH3 is 1. The van der Waals surface area contributed by atoms with Crippen molar-refractivity contribution in [1.82, 2.24) is 0 Å². The Kier molecular flexibility index (Phi) is 5.68. The Morgan fingerprint density at radius 3 is 2.00 bits per heavy atom. The van der Waals surface area contributed by atoms with E-state index in [1.54, 1.807) is 7.11 Å². The lowest BCUT2D eigenvalue weighted by Gasteiger charge is -2.28. The smallest absolute Gasteiger partial charge is 0.0648 e. The molecule has 0 radical (unpaired) electrons. The third-order valence-electron chi connectivity index (χ3n) is 3.42. The SMILES string of the molecule is CCC(C)(O)CCCC(C)(CC)OC. The van der Waals surface area contributed by atoms with Gasteiger partial charge in [-0.1, -0.05) is 13.8 Å². The molecule has 0 aliphatic heterocycles. The van der Waals surface area contributed by atoms with Crippen LogP contribution in [0.2, 0.25) is 0 Å². The van der Waals surface area contributed by atoms with Crippen LogP contribution in [-0.4, -0.2) is 23.4 Å². The summed E-state index contributed by atoms with van der Waals surface area (Å²) in [5.74, 6) is 0. The first-order valence-corrected chi connectivity index (χ1v) is 5.66. The minimum absolute atomic E-state index is 0.0101. The fourth-order valence-corrected chi connectivity index (χ4v) is 1.44. The van der Waals surface area contributed by atoms with Crippen LogP contribution < -0.4 is 0 Å². The summed E-state index contributed by atoms with van der Waals surface area (Å²) >= 11 is 0. The van der Waals surface area contributed by atoms with Gasteiger partial charge in [-0.2, -0.15) is 0 Å². The van der Waals surface area contributed by atoms with Crippen molar-refractivity contribution in [2.24, 2.45) is 0 Å². The van der Waals surface area contributed by atoms with Crippen LogP contribution in [0, 0.1) is 0 Å². The Labute approximate surface area is 88.7 Å². The average Bonchev–Trinajstić information content (AvgIpc) is 2.17. The standard InChI is InChI=1S/C12H26O2/c1-6-11(3,13)9-8-10-12(4,7-2)14-5/h13H,6-10H2,1-5H3. The Morgan fingerprint density at radius 1 is 1.07 bits per heavy atom. The molecule has 0 aromatic rings. The molecular formula is C12H26O2. The van der Waals surface area contributed by atoms with Crippen molar-refractivity contribution in [2.45, 2.75) is 71.0 Å². The first kappa shape index (κ1) is 13.9. The molecule has 2 nitrogen and oxygen atoms in total. The zero-order valence-corrected chi connectivity index (χ0v) is 10.4. The summed E-state index contributed by atoms with van der Waals surface area (Å²) in [4.78, 5) is 0. The van der Waals surface area contributed by atoms with E-state index in [4.69, 9.17) is 4.74 Å². The van der Waals surface area contributed by atoms with Crippen molar-refractivity contribution in [1.29, 1.82) is 0 Å². The van der Waals surface area contributed by atoms with Gasteiger partial charge in [-0.05, 0) is 46.0 Å². The molecule has 2 unspecified atom stereocenters. The van der Waals surface area contributed by atoms with Gasteiger partial charge in [-0.3, -0.25) is 0 Å². The number of hydrogen-bond acceptors (Lipinski definition) is 2. The molecule has 14 heavy (non-hydrogen) atoms. The lowest BCUT2D eigenvalue weighted by atomic mass is 9.90. The van der Waals surface area contributed by atoms with E-state index in [9.17, 15) is 5.11 Å². The summed E-state index contributed by atoms with van der Waals surface area (Å²) in [6.07, 6.45) is 4.76. The first-order valence-electron chi connectivity index (χ1n) is 5.66. The fourth-order valence-electron chi connectivity index (χ4n) is 1.44. The van der Waals surface area contributed by atoms with Gasteiger partial charge in [-0.25, -0.2) is 0 Å². The molecule has 0 bridgehead atoms. The van der Waals surface area contributed by atoms with Crippen LogP contribution >= 0.6 is 0 Å². The lowest BCUT2D eigenvalue weighted by molar-refractivity contribution is -0.0153. The quantitative estimate of drug-likeness (QED) is 0.687. The van der Waals surface area contributed by atoms with Crippen LogP contribution in [0.15, 0.2) is 0 Å². The summed E-state index contributed by atoms with van der Waals surface area (Å²) in [7, 11) is 1.77. The zero-order chi connectivity index (χ0) is 11.2. The van der Waals surface area contributed by atoms with Crippen LogP contribution in [-0.2, 0) is 4.74 Å². The molecule has 0 amide bonds. The average molecular weight is 202 g/mol. The number of aliphatic hydroxyl groups is 1. The predicted octanol–water partition coefficient (Wildman–Crippen LogP) is 3.13. The van der Waals surface area contributed by atoms with Gasteiger partial charge in [0.25, 0.3) is 0 Å². The maximum Gasteiger partial charge on any atom is 0.0648 e. The van der Waals surface area contributed by atoms with Gasteiger partial charge in [0.15, 0.2) is 0 Å². The van der Waals surface area contributed by atoms with E-state index in [0.717, 1.165) is 32.1 Å². The van der Waals surface area contributed by atoms with E-state index >= 15 is 0 Å². The Bertz CT molecular complexity index is 148. The molecule has 0 fully saturated rings. The Hall–Kier alpha value is -0.0800. The van der Waals surface area contributed by atoms with Gasteiger partial charge in [0, 0.05) is 7.11 Å². The lowest BCUT2D eigenvalue weighted by Crippen LogP contribution is -2.28. The molecule has 0 aromatic heterocycles. The highest BCUT2D eigenvalue weighted by Gasteiger charge is 2.23. The molecule has 86 valence electrons. The normalized spacial score (nSPS) is 20.1. The van der Waals surface area contributed by atoms with Gasteiger partial charge in [0.1, 0.15) is 0 Å². The van der Waals surface area contributed by atoms with Crippen LogP contribution in [0.25, 0.3) is 0 Å². The molecule has 0 aromatic carbocycles. The molecule has 0 aliphatic carbocycles. The molecular weight excluding hydrogens is 176 g/mol. The van der Waals surface area contributed by atoms with Crippen molar-refractivity contribution < 1.29 is 9.84 Å². The summed E-state index contributed by atoms with van der Waals surface area (Å²) in [6, 6.07) is 0. The van der Waals surface area contributed by atoms with Crippen molar-refractivity contribution in [3.8, 4) is 0 Å². The minimum Gasteiger partial charge on any atom is -0.390 e. The van der Waals surface area contributed by atoms with E-state index in [0.29, 0.717) is 0 Å². The van der Waals surface area contributed by atoms with E-state index in [2.05, 4.69) is 13.8 Å². The van der Waals surface area contributed by atoms with E-state index in [1.165, 1.54) is 0 Å². The van der Waals surface area contributed by atoms with Gasteiger partial charge in [0.05, 0.1) is 11.2 Å². The second-order valence-corrected chi connectivity index (χ2v) is 4.71. The predicted molar refractivity (Wildman–Crippen MR) is 60.5 cm³/mol. The van der Waals surface area contributed by atoms with Crippen LogP contribution in [0.1, 0.15) is 59.8 Å². The monoisotopic (exact) mass is 202 g/mol. The summed E-state index contributed by atoms with van der Waals surface area (Å²) < 4.78 is 5.45. The number of hydrogen-bond donors (Lipinski definition) is 1. The second kappa shape index (κ2) is 5.72. The maximum absolute atomic E-state index is 9.82. The zero-order valence-electron chi connectivity index (χ0n) is 10.4. The third kappa shape index (κ3) is 4.97. The van der Waals surface area contributed by atoms with E-state index in [-0.39, 0.29) is 5.60 Å².